The van der Waals surface area contributed by atoms with Gasteiger partial charge >= 0.3 is 0 Å². The van der Waals surface area contributed by atoms with Gasteiger partial charge in [0.05, 0.1) is 12.3 Å². The molecular weight excluding hydrogens is 382 g/mol. The Bertz CT molecular complexity index is 1120. The molecule has 1 N–H and O–H groups in total. The van der Waals surface area contributed by atoms with E-state index in [2.05, 4.69) is 25.5 Å². The molecule has 0 saturated carbocycles. The van der Waals surface area contributed by atoms with Crippen LogP contribution in [-0.2, 0) is 11.3 Å². The van der Waals surface area contributed by atoms with Gasteiger partial charge < -0.3 is 9.73 Å². The zero-order chi connectivity index (χ0) is 19.3. The maximum atomic E-state index is 12.0. The van der Waals surface area contributed by atoms with Crippen molar-refractivity contribution in [1.29, 1.82) is 0 Å². The molecule has 0 aliphatic carbocycles. The van der Waals surface area contributed by atoms with Gasteiger partial charge in [0.2, 0.25) is 5.91 Å². The lowest BCUT2D eigenvalue weighted by Gasteiger charge is -2.07. The fraction of sp³-hybridized carbons (Fsp3) is 0.176. The van der Waals surface area contributed by atoms with Crippen LogP contribution in [0, 0.1) is 0 Å². The zero-order valence-corrected chi connectivity index (χ0v) is 15.4. The van der Waals surface area contributed by atoms with E-state index < -0.39 is 0 Å². The fourth-order valence-corrected chi connectivity index (χ4v) is 3.11. The monoisotopic (exact) mass is 397 g/mol. The lowest BCUT2D eigenvalue weighted by atomic mass is 10.3. The van der Waals surface area contributed by atoms with Gasteiger partial charge in [0.15, 0.2) is 11.4 Å². The van der Waals surface area contributed by atoms with Crippen LogP contribution < -0.4 is 10.9 Å². The molecule has 0 radical (unpaired) electrons. The van der Waals surface area contributed by atoms with Crippen LogP contribution in [0.1, 0.15) is 0 Å². The lowest BCUT2D eigenvalue weighted by Crippen LogP contribution is -2.33. The van der Waals surface area contributed by atoms with Gasteiger partial charge in [-0.05, 0) is 18.2 Å². The summed E-state index contributed by atoms with van der Waals surface area (Å²) in [5.41, 5.74) is 1.17. The highest BCUT2D eigenvalue weighted by Crippen LogP contribution is 2.22. The maximum Gasteiger partial charge on any atom is 0.266 e. The van der Waals surface area contributed by atoms with E-state index in [0.29, 0.717) is 16.6 Å². The van der Waals surface area contributed by atoms with Gasteiger partial charge in [0.1, 0.15) is 18.2 Å². The molecule has 0 aliphatic rings. The number of carbonyl (C=O) groups is 1. The summed E-state index contributed by atoms with van der Waals surface area (Å²) >= 11 is 1.21. The number of aromatic nitrogens is 6. The number of nitrogens with one attached hydrogen (secondary N) is 1. The van der Waals surface area contributed by atoms with Gasteiger partial charge in [-0.15, -0.1) is 5.10 Å². The molecule has 0 bridgehead atoms. The number of para-hydroxylation sites is 2. The van der Waals surface area contributed by atoms with E-state index in [1.54, 1.807) is 6.07 Å². The highest BCUT2D eigenvalue weighted by atomic mass is 32.2. The number of benzene rings is 1. The van der Waals surface area contributed by atoms with Crippen molar-refractivity contribution in [2.75, 3.05) is 12.3 Å². The second kappa shape index (κ2) is 8.05. The Hall–Kier alpha value is -3.47. The van der Waals surface area contributed by atoms with Crippen molar-refractivity contribution in [2.45, 2.75) is 11.8 Å². The molecule has 1 aromatic carbocycles. The topological polar surface area (TPSA) is 121 Å². The first kappa shape index (κ1) is 17.9. The molecule has 142 valence electrons. The zero-order valence-electron chi connectivity index (χ0n) is 14.6. The average molecular weight is 397 g/mol. The van der Waals surface area contributed by atoms with E-state index in [9.17, 15) is 9.59 Å². The number of hydrogen-bond acceptors (Lipinski definition) is 8. The molecule has 3 heterocycles. The number of carbonyl (C=O) groups excluding carboxylic acids is 1. The summed E-state index contributed by atoms with van der Waals surface area (Å²) in [6.45, 7) is 0.501. The lowest BCUT2D eigenvalue weighted by molar-refractivity contribution is -0.118. The maximum absolute atomic E-state index is 12.0. The third-order valence-electron chi connectivity index (χ3n) is 3.75. The summed E-state index contributed by atoms with van der Waals surface area (Å²) in [7, 11) is 0. The summed E-state index contributed by atoms with van der Waals surface area (Å²) in [5.74, 6) is 0.441. The van der Waals surface area contributed by atoms with Crippen molar-refractivity contribution in [3.63, 3.8) is 0 Å². The second-order valence-electron chi connectivity index (χ2n) is 5.68. The van der Waals surface area contributed by atoms with Crippen LogP contribution in [0.3, 0.4) is 0 Å². The van der Waals surface area contributed by atoms with E-state index in [1.165, 1.54) is 39.8 Å². The third kappa shape index (κ3) is 4.09. The van der Waals surface area contributed by atoms with Gasteiger partial charge in [0, 0.05) is 12.6 Å². The molecule has 0 saturated heterocycles. The predicted octanol–water partition coefficient (Wildman–Crippen LogP) is 0.874. The van der Waals surface area contributed by atoms with Crippen molar-refractivity contribution in [3.05, 3.63) is 59.4 Å². The number of oxazole rings is 1. The SMILES string of the molecule is O=C(CSc1nc2ccccc2o1)NCCn1nc(-n2cncn2)ccc1=O. The van der Waals surface area contributed by atoms with Crippen molar-refractivity contribution in [3.8, 4) is 5.82 Å². The fourth-order valence-electron chi connectivity index (χ4n) is 2.44. The molecule has 0 atom stereocenters. The summed E-state index contributed by atoms with van der Waals surface area (Å²) in [6, 6.07) is 10.4. The molecule has 0 fully saturated rings. The normalized spacial score (nSPS) is 11.0. The Morgan fingerprint density at radius 2 is 2.11 bits per heavy atom. The molecule has 11 heteroatoms. The Labute approximate surface area is 162 Å². The molecule has 4 aromatic rings. The molecule has 28 heavy (non-hydrogen) atoms. The molecule has 0 unspecified atom stereocenters. The second-order valence-corrected chi connectivity index (χ2v) is 6.61. The molecule has 1 amide bonds. The quantitative estimate of drug-likeness (QED) is 0.456. The summed E-state index contributed by atoms with van der Waals surface area (Å²) in [4.78, 5) is 32.1. The van der Waals surface area contributed by atoms with E-state index in [-0.39, 0.29) is 30.3 Å². The van der Waals surface area contributed by atoms with Crippen molar-refractivity contribution < 1.29 is 9.21 Å². The van der Waals surface area contributed by atoms with Crippen molar-refractivity contribution in [2.24, 2.45) is 0 Å². The first-order valence-corrected chi connectivity index (χ1v) is 9.36. The first-order valence-electron chi connectivity index (χ1n) is 8.37. The highest BCUT2D eigenvalue weighted by molar-refractivity contribution is 7.99. The Morgan fingerprint density at radius 3 is 2.93 bits per heavy atom. The Morgan fingerprint density at radius 1 is 1.21 bits per heavy atom. The molecule has 3 aromatic heterocycles. The smallest absolute Gasteiger partial charge is 0.266 e. The molecule has 4 rings (SSSR count). The minimum Gasteiger partial charge on any atom is -0.431 e. The Balaban J connectivity index is 1.29. The van der Waals surface area contributed by atoms with E-state index in [1.807, 2.05) is 24.3 Å². The summed E-state index contributed by atoms with van der Waals surface area (Å²) < 4.78 is 8.28. The number of thioether (sulfide) groups is 1. The van der Waals surface area contributed by atoms with Gasteiger partial charge in [-0.2, -0.15) is 5.10 Å². The van der Waals surface area contributed by atoms with Crippen LogP contribution in [0.5, 0.6) is 0 Å². The predicted molar refractivity (Wildman–Crippen MR) is 101 cm³/mol. The van der Waals surface area contributed by atoms with Crippen LogP contribution in [0.4, 0.5) is 0 Å². The molecular formula is C17H15N7O3S. The Kier molecular flexibility index (Phi) is 5.15. The van der Waals surface area contributed by atoms with Gasteiger partial charge in [0.25, 0.3) is 10.8 Å². The van der Waals surface area contributed by atoms with Gasteiger partial charge in [-0.1, -0.05) is 23.9 Å². The van der Waals surface area contributed by atoms with E-state index in [4.69, 9.17) is 4.42 Å². The minimum absolute atomic E-state index is 0.161. The summed E-state index contributed by atoms with van der Waals surface area (Å²) in [6.07, 6.45) is 2.87. The highest BCUT2D eigenvalue weighted by Gasteiger charge is 2.09. The minimum atomic E-state index is -0.265. The van der Waals surface area contributed by atoms with Gasteiger partial charge in [-0.3, -0.25) is 9.59 Å². The number of rotatable bonds is 7. The van der Waals surface area contributed by atoms with Crippen molar-refractivity contribution in [1.82, 2.24) is 34.8 Å². The average Bonchev–Trinajstić information content (AvgIpc) is 3.37. The van der Waals surface area contributed by atoms with Crippen LogP contribution in [0.15, 0.2) is 63.5 Å². The molecule has 0 aliphatic heterocycles. The van der Waals surface area contributed by atoms with Crippen LogP contribution in [-0.4, -0.2) is 47.7 Å². The van der Waals surface area contributed by atoms with E-state index in [0.717, 1.165) is 5.52 Å². The molecule has 10 nitrogen and oxygen atoms in total. The van der Waals surface area contributed by atoms with Crippen LogP contribution in [0.25, 0.3) is 16.9 Å². The first-order chi connectivity index (χ1) is 13.7. The van der Waals surface area contributed by atoms with E-state index >= 15 is 0 Å². The number of hydrogen-bond donors (Lipinski definition) is 1. The largest absolute Gasteiger partial charge is 0.431 e. The number of fused-ring (bicyclic) bond motifs is 1. The number of amides is 1. The third-order valence-corrected chi connectivity index (χ3v) is 4.58. The molecule has 0 spiro atoms. The van der Waals surface area contributed by atoms with Crippen molar-refractivity contribution >= 4 is 28.8 Å². The van der Waals surface area contributed by atoms with Gasteiger partial charge in [-0.25, -0.2) is 19.3 Å². The summed E-state index contributed by atoms with van der Waals surface area (Å²) in [5, 5.41) is 11.4. The van der Waals surface area contributed by atoms with Crippen LogP contribution >= 0.6 is 11.8 Å². The standard InChI is InChI=1S/C17H15N7O3S/c25-15(9-28-17-21-12-3-1-2-4-13(12)27-17)19-7-8-23-16(26)6-5-14(22-23)24-11-18-10-20-24/h1-6,10-11H,7-9H2,(H,19,25). The van der Waals surface area contributed by atoms with Crippen LogP contribution in [0.2, 0.25) is 0 Å². The number of nitrogens with zero attached hydrogens (tertiary/aromatic N) is 6.